The average Bonchev–Trinajstić information content (AvgIpc) is 1.79. The van der Waals surface area contributed by atoms with E-state index in [0.29, 0.717) is 0 Å². The van der Waals surface area contributed by atoms with Crippen LogP contribution in [-0.2, 0) is 4.74 Å². The summed E-state index contributed by atoms with van der Waals surface area (Å²) in [6.07, 6.45) is 0.883. The van der Waals surface area contributed by atoms with Crippen LogP contribution >= 0.6 is 0 Å². The first-order chi connectivity index (χ1) is 4.95. The van der Waals surface area contributed by atoms with Gasteiger partial charge >= 0.3 is 0 Å². The minimum atomic E-state index is -0.106. The molecule has 0 spiro atoms. The molecule has 0 unspecified atom stereocenters. The van der Waals surface area contributed by atoms with Gasteiger partial charge in [-0.3, -0.25) is 0 Å². The summed E-state index contributed by atoms with van der Waals surface area (Å²) in [4.78, 5) is 0. The maximum Gasteiger partial charge on any atom is 0.100 e. The molecule has 0 aromatic rings. The van der Waals surface area contributed by atoms with Crippen molar-refractivity contribution in [1.29, 1.82) is 0 Å². The van der Waals surface area contributed by atoms with E-state index in [0.717, 1.165) is 18.7 Å². The maximum absolute atomic E-state index is 5.51. The first-order valence-corrected chi connectivity index (χ1v) is 3.97. The van der Waals surface area contributed by atoms with Gasteiger partial charge in [0.25, 0.3) is 0 Å². The van der Waals surface area contributed by atoms with Gasteiger partial charge in [0.15, 0.2) is 0 Å². The smallest absolute Gasteiger partial charge is 0.100 e. The predicted molar refractivity (Wildman–Crippen MR) is 48.5 cm³/mol. The van der Waals surface area contributed by atoms with Crippen LogP contribution < -0.4 is 5.32 Å². The topological polar surface area (TPSA) is 21.3 Å². The van der Waals surface area contributed by atoms with Crippen LogP contribution in [0, 0.1) is 0 Å². The standard InChI is InChI=1S/C9H19NO/c1-8(6-7-10-5)11-9(2,3)4/h10H,1,6-7H2,2-5H3. The molecule has 66 valence electrons. The summed E-state index contributed by atoms with van der Waals surface area (Å²) in [7, 11) is 1.92. The number of hydrogen-bond donors (Lipinski definition) is 1. The summed E-state index contributed by atoms with van der Waals surface area (Å²) in [6, 6.07) is 0. The highest BCUT2D eigenvalue weighted by atomic mass is 16.5. The van der Waals surface area contributed by atoms with Crippen molar-refractivity contribution in [2.45, 2.75) is 32.8 Å². The fourth-order valence-corrected chi connectivity index (χ4v) is 0.748. The van der Waals surface area contributed by atoms with E-state index >= 15 is 0 Å². The Kier molecular flexibility index (Phi) is 4.19. The molecule has 0 bridgehead atoms. The van der Waals surface area contributed by atoms with Crippen molar-refractivity contribution in [3.63, 3.8) is 0 Å². The van der Waals surface area contributed by atoms with E-state index in [1.165, 1.54) is 0 Å². The quantitative estimate of drug-likeness (QED) is 0.629. The van der Waals surface area contributed by atoms with Gasteiger partial charge in [-0.05, 0) is 27.8 Å². The van der Waals surface area contributed by atoms with Crippen molar-refractivity contribution in [2.24, 2.45) is 0 Å². The summed E-state index contributed by atoms with van der Waals surface area (Å²) in [5.74, 6) is 0.854. The van der Waals surface area contributed by atoms with Gasteiger partial charge in [0.1, 0.15) is 5.60 Å². The molecule has 2 nitrogen and oxygen atoms in total. The molecule has 0 amide bonds. The fraction of sp³-hybridized carbons (Fsp3) is 0.778. The van der Waals surface area contributed by atoms with E-state index in [1.54, 1.807) is 0 Å². The molecule has 0 aliphatic carbocycles. The molecule has 0 aliphatic rings. The second kappa shape index (κ2) is 4.39. The van der Waals surface area contributed by atoms with Crippen molar-refractivity contribution in [1.82, 2.24) is 5.32 Å². The molecule has 0 aliphatic heterocycles. The Morgan fingerprint density at radius 3 is 2.36 bits per heavy atom. The van der Waals surface area contributed by atoms with E-state index in [1.807, 2.05) is 27.8 Å². The van der Waals surface area contributed by atoms with Crippen LogP contribution in [0.4, 0.5) is 0 Å². The third-order valence-electron chi connectivity index (χ3n) is 1.10. The summed E-state index contributed by atoms with van der Waals surface area (Å²) in [5.41, 5.74) is -0.106. The van der Waals surface area contributed by atoms with Crippen LogP contribution in [0.2, 0.25) is 0 Å². The lowest BCUT2D eigenvalue weighted by atomic mass is 10.2. The maximum atomic E-state index is 5.51. The van der Waals surface area contributed by atoms with E-state index < -0.39 is 0 Å². The zero-order chi connectivity index (χ0) is 8.91. The Hall–Kier alpha value is -0.500. The summed E-state index contributed by atoms with van der Waals surface area (Å²) in [5, 5.41) is 3.04. The number of ether oxygens (including phenoxy) is 1. The summed E-state index contributed by atoms with van der Waals surface area (Å²) < 4.78 is 5.51. The zero-order valence-corrected chi connectivity index (χ0v) is 8.03. The third-order valence-corrected chi connectivity index (χ3v) is 1.10. The second-order valence-electron chi connectivity index (χ2n) is 3.61. The third kappa shape index (κ3) is 7.40. The molecule has 2 heteroatoms. The zero-order valence-electron chi connectivity index (χ0n) is 8.03. The van der Waals surface area contributed by atoms with Crippen LogP contribution in [0.15, 0.2) is 12.3 Å². The van der Waals surface area contributed by atoms with Crippen LogP contribution in [0.3, 0.4) is 0 Å². The van der Waals surface area contributed by atoms with Gasteiger partial charge in [0, 0.05) is 13.0 Å². The van der Waals surface area contributed by atoms with Gasteiger partial charge in [-0.1, -0.05) is 6.58 Å². The summed E-state index contributed by atoms with van der Waals surface area (Å²) >= 11 is 0. The molecule has 0 aromatic carbocycles. The molecule has 0 rings (SSSR count). The highest BCUT2D eigenvalue weighted by Crippen LogP contribution is 2.13. The molecule has 0 heterocycles. The van der Waals surface area contributed by atoms with Crippen molar-refractivity contribution in [3.05, 3.63) is 12.3 Å². The van der Waals surface area contributed by atoms with Crippen molar-refractivity contribution < 1.29 is 4.74 Å². The molecule has 11 heavy (non-hydrogen) atoms. The Morgan fingerprint density at radius 2 is 2.00 bits per heavy atom. The molecule has 0 aromatic heterocycles. The average molecular weight is 157 g/mol. The van der Waals surface area contributed by atoms with Crippen molar-refractivity contribution in [3.8, 4) is 0 Å². The van der Waals surface area contributed by atoms with Gasteiger partial charge in [-0.2, -0.15) is 0 Å². The Bertz CT molecular complexity index is 124. The molecule has 0 saturated carbocycles. The number of nitrogens with one attached hydrogen (secondary N) is 1. The van der Waals surface area contributed by atoms with Crippen LogP contribution in [0.25, 0.3) is 0 Å². The van der Waals surface area contributed by atoms with E-state index in [4.69, 9.17) is 4.74 Å². The lowest BCUT2D eigenvalue weighted by Crippen LogP contribution is -2.20. The fourth-order valence-electron chi connectivity index (χ4n) is 0.748. The Balaban J connectivity index is 3.53. The molecule has 1 N–H and O–H groups in total. The Labute approximate surface area is 69.6 Å². The van der Waals surface area contributed by atoms with Gasteiger partial charge < -0.3 is 10.1 Å². The first-order valence-electron chi connectivity index (χ1n) is 3.97. The molecule has 0 fully saturated rings. The molecule has 0 atom stereocenters. The van der Waals surface area contributed by atoms with Crippen molar-refractivity contribution in [2.75, 3.05) is 13.6 Å². The number of hydrogen-bond acceptors (Lipinski definition) is 2. The lowest BCUT2D eigenvalue weighted by Gasteiger charge is -2.22. The SMILES string of the molecule is C=C(CCNC)OC(C)(C)C. The highest BCUT2D eigenvalue weighted by Gasteiger charge is 2.11. The minimum absolute atomic E-state index is 0.106. The molecular formula is C9H19NO. The van der Waals surface area contributed by atoms with Gasteiger partial charge in [0.2, 0.25) is 0 Å². The minimum Gasteiger partial charge on any atom is -0.493 e. The Morgan fingerprint density at radius 1 is 1.45 bits per heavy atom. The second-order valence-corrected chi connectivity index (χ2v) is 3.61. The van der Waals surface area contributed by atoms with E-state index in [-0.39, 0.29) is 5.60 Å². The number of rotatable bonds is 4. The monoisotopic (exact) mass is 157 g/mol. The van der Waals surface area contributed by atoms with Gasteiger partial charge in [-0.15, -0.1) is 0 Å². The van der Waals surface area contributed by atoms with E-state index in [2.05, 4.69) is 11.9 Å². The van der Waals surface area contributed by atoms with Crippen LogP contribution in [-0.4, -0.2) is 19.2 Å². The normalized spacial score (nSPS) is 11.3. The van der Waals surface area contributed by atoms with Crippen LogP contribution in [0.5, 0.6) is 0 Å². The van der Waals surface area contributed by atoms with E-state index in [9.17, 15) is 0 Å². The lowest BCUT2D eigenvalue weighted by molar-refractivity contribution is 0.0481. The molecule has 0 radical (unpaired) electrons. The highest BCUT2D eigenvalue weighted by molar-refractivity contribution is 4.85. The summed E-state index contributed by atoms with van der Waals surface area (Å²) in [6.45, 7) is 10.8. The largest absolute Gasteiger partial charge is 0.493 e. The van der Waals surface area contributed by atoms with Gasteiger partial charge in [-0.25, -0.2) is 0 Å². The van der Waals surface area contributed by atoms with Gasteiger partial charge in [0.05, 0.1) is 5.76 Å². The van der Waals surface area contributed by atoms with Crippen molar-refractivity contribution >= 4 is 0 Å². The molecular weight excluding hydrogens is 138 g/mol. The van der Waals surface area contributed by atoms with Crippen LogP contribution in [0.1, 0.15) is 27.2 Å². The predicted octanol–water partition coefficient (Wildman–Crippen LogP) is 1.92. The first kappa shape index (κ1) is 10.5. The molecule has 0 saturated heterocycles.